The quantitative estimate of drug-likeness (QED) is 0.899. The number of ether oxygens (including phenoxy) is 1. The first kappa shape index (κ1) is 12.2. The van der Waals surface area contributed by atoms with Gasteiger partial charge in [-0.05, 0) is 30.7 Å². The Hall–Kier alpha value is -2.23. The first-order valence-electron chi connectivity index (χ1n) is 5.80. The zero-order chi connectivity index (χ0) is 13.1. The van der Waals surface area contributed by atoms with Crippen LogP contribution in [0.4, 0.5) is 5.69 Å². The highest BCUT2D eigenvalue weighted by Crippen LogP contribution is 2.25. The van der Waals surface area contributed by atoms with Crippen LogP contribution in [-0.4, -0.2) is 11.7 Å². The van der Waals surface area contributed by atoms with Gasteiger partial charge in [0.25, 0.3) is 5.56 Å². The molecule has 0 aliphatic heterocycles. The first-order chi connectivity index (χ1) is 8.67. The fraction of sp³-hybridized carbons (Fsp3) is 0.214. The summed E-state index contributed by atoms with van der Waals surface area (Å²) in [5, 5.41) is 0. The number of benzene rings is 1. The predicted molar refractivity (Wildman–Crippen MR) is 72.8 cm³/mol. The Morgan fingerprint density at radius 3 is 2.44 bits per heavy atom. The summed E-state index contributed by atoms with van der Waals surface area (Å²) in [5.74, 6) is 0.777. The van der Waals surface area contributed by atoms with Gasteiger partial charge in [0, 0.05) is 18.3 Å². The smallest absolute Gasteiger partial charge is 0.274 e. The second-order valence-corrected chi connectivity index (χ2v) is 3.96. The number of nitrogens with two attached hydrogens (primary N) is 1. The van der Waals surface area contributed by atoms with Crippen LogP contribution in [0, 0.1) is 0 Å². The van der Waals surface area contributed by atoms with Gasteiger partial charge in [-0.3, -0.25) is 4.79 Å². The molecule has 0 spiro atoms. The minimum atomic E-state index is -0.147. The van der Waals surface area contributed by atoms with Crippen LogP contribution in [0.25, 0.3) is 11.1 Å². The van der Waals surface area contributed by atoms with Gasteiger partial charge in [0.05, 0.1) is 7.11 Å². The van der Waals surface area contributed by atoms with Gasteiger partial charge in [0.15, 0.2) is 0 Å². The van der Waals surface area contributed by atoms with Crippen molar-refractivity contribution in [3.05, 3.63) is 46.9 Å². The number of hydrogen-bond acceptors (Lipinski definition) is 3. The van der Waals surface area contributed by atoms with Gasteiger partial charge in [-0.2, -0.15) is 0 Å². The molecular weight excluding hydrogens is 228 g/mol. The van der Waals surface area contributed by atoms with E-state index in [1.807, 2.05) is 37.3 Å². The molecule has 2 aromatic rings. The number of hydrogen-bond donors (Lipinski definition) is 1. The van der Waals surface area contributed by atoms with Crippen molar-refractivity contribution in [2.24, 2.45) is 0 Å². The second-order valence-electron chi connectivity index (χ2n) is 3.96. The Bertz CT molecular complexity index is 600. The number of nitrogens with zero attached hydrogens (tertiary/aromatic N) is 1. The zero-order valence-electron chi connectivity index (χ0n) is 10.5. The lowest BCUT2D eigenvalue weighted by Gasteiger charge is -2.09. The van der Waals surface area contributed by atoms with Gasteiger partial charge >= 0.3 is 0 Å². The summed E-state index contributed by atoms with van der Waals surface area (Å²) >= 11 is 0. The van der Waals surface area contributed by atoms with E-state index in [4.69, 9.17) is 10.5 Å². The molecule has 0 aliphatic rings. The summed E-state index contributed by atoms with van der Waals surface area (Å²) in [6.07, 6.45) is 1.76. The Balaban J connectivity index is 2.50. The summed E-state index contributed by atoms with van der Waals surface area (Å²) in [7, 11) is 1.62. The van der Waals surface area contributed by atoms with Crippen molar-refractivity contribution in [2.45, 2.75) is 13.5 Å². The third-order valence-electron chi connectivity index (χ3n) is 2.94. The Morgan fingerprint density at radius 2 is 1.89 bits per heavy atom. The van der Waals surface area contributed by atoms with Crippen molar-refractivity contribution in [1.29, 1.82) is 0 Å². The Kier molecular flexibility index (Phi) is 3.37. The van der Waals surface area contributed by atoms with Gasteiger partial charge in [-0.25, -0.2) is 0 Å². The summed E-state index contributed by atoms with van der Waals surface area (Å²) in [5.41, 5.74) is 7.70. The van der Waals surface area contributed by atoms with E-state index in [9.17, 15) is 4.79 Å². The number of anilines is 1. The van der Waals surface area contributed by atoms with Crippen LogP contribution < -0.4 is 16.0 Å². The van der Waals surface area contributed by atoms with Crippen molar-refractivity contribution in [3.63, 3.8) is 0 Å². The van der Waals surface area contributed by atoms with E-state index in [0.29, 0.717) is 6.54 Å². The maximum atomic E-state index is 11.9. The van der Waals surface area contributed by atoms with Crippen molar-refractivity contribution >= 4 is 5.69 Å². The van der Waals surface area contributed by atoms with E-state index in [1.54, 1.807) is 17.9 Å². The Labute approximate surface area is 106 Å². The average Bonchev–Trinajstić information content (AvgIpc) is 2.42. The lowest BCUT2D eigenvalue weighted by Crippen LogP contribution is -2.22. The van der Waals surface area contributed by atoms with Crippen molar-refractivity contribution in [2.75, 3.05) is 12.8 Å². The van der Waals surface area contributed by atoms with Gasteiger partial charge in [-0.15, -0.1) is 0 Å². The molecule has 4 heteroatoms. The van der Waals surface area contributed by atoms with Crippen LogP contribution >= 0.6 is 0 Å². The molecule has 0 fully saturated rings. The van der Waals surface area contributed by atoms with Crippen LogP contribution in [0.15, 0.2) is 41.3 Å². The van der Waals surface area contributed by atoms with Crippen LogP contribution in [0.5, 0.6) is 5.75 Å². The van der Waals surface area contributed by atoms with Gasteiger partial charge in [0.1, 0.15) is 11.4 Å². The molecule has 0 saturated carbocycles. The number of methoxy groups -OCH3 is 1. The second kappa shape index (κ2) is 4.96. The molecule has 0 radical (unpaired) electrons. The van der Waals surface area contributed by atoms with E-state index < -0.39 is 0 Å². The fourth-order valence-corrected chi connectivity index (χ4v) is 1.86. The molecule has 0 atom stereocenters. The van der Waals surface area contributed by atoms with E-state index in [1.165, 1.54) is 0 Å². The summed E-state index contributed by atoms with van der Waals surface area (Å²) in [6.45, 7) is 2.53. The number of rotatable bonds is 3. The minimum Gasteiger partial charge on any atom is -0.497 e. The van der Waals surface area contributed by atoms with Crippen molar-refractivity contribution in [3.8, 4) is 16.9 Å². The standard InChI is InChI=1S/C14H16N2O2/c1-3-16-9-8-12(13(15)14(16)17)10-4-6-11(18-2)7-5-10/h4-9H,3,15H2,1-2H3. The number of aromatic nitrogens is 1. The summed E-state index contributed by atoms with van der Waals surface area (Å²) < 4.78 is 6.68. The van der Waals surface area contributed by atoms with E-state index in [2.05, 4.69) is 0 Å². The number of nitrogen functional groups attached to an aromatic ring is 1. The van der Waals surface area contributed by atoms with Crippen LogP contribution in [-0.2, 0) is 6.54 Å². The maximum Gasteiger partial charge on any atom is 0.274 e. The first-order valence-corrected chi connectivity index (χ1v) is 5.80. The topological polar surface area (TPSA) is 57.2 Å². The van der Waals surface area contributed by atoms with Gasteiger partial charge < -0.3 is 15.0 Å². The van der Waals surface area contributed by atoms with Crippen LogP contribution in [0.2, 0.25) is 0 Å². The highest BCUT2D eigenvalue weighted by Gasteiger charge is 2.08. The van der Waals surface area contributed by atoms with Crippen molar-refractivity contribution < 1.29 is 4.74 Å². The normalized spacial score (nSPS) is 10.3. The predicted octanol–water partition coefficient (Wildman–Crippen LogP) is 2.13. The molecule has 0 unspecified atom stereocenters. The number of pyridine rings is 1. The highest BCUT2D eigenvalue weighted by molar-refractivity contribution is 5.75. The van der Waals surface area contributed by atoms with Gasteiger partial charge in [0.2, 0.25) is 0 Å². The zero-order valence-corrected chi connectivity index (χ0v) is 10.5. The van der Waals surface area contributed by atoms with Crippen LogP contribution in [0.3, 0.4) is 0 Å². The molecule has 94 valence electrons. The third-order valence-corrected chi connectivity index (χ3v) is 2.94. The fourth-order valence-electron chi connectivity index (χ4n) is 1.86. The minimum absolute atomic E-state index is 0.147. The lowest BCUT2D eigenvalue weighted by molar-refractivity contribution is 0.415. The van der Waals surface area contributed by atoms with Crippen LogP contribution in [0.1, 0.15) is 6.92 Å². The summed E-state index contributed by atoms with van der Waals surface area (Å²) in [4.78, 5) is 11.9. The molecule has 1 heterocycles. The molecule has 2 rings (SSSR count). The summed E-state index contributed by atoms with van der Waals surface area (Å²) in [6, 6.07) is 9.34. The monoisotopic (exact) mass is 244 g/mol. The number of aryl methyl sites for hydroxylation is 1. The SMILES string of the molecule is CCn1ccc(-c2ccc(OC)cc2)c(N)c1=O. The molecule has 18 heavy (non-hydrogen) atoms. The van der Waals surface area contributed by atoms with E-state index >= 15 is 0 Å². The molecule has 4 nitrogen and oxygen atoms in total. The third kappa shape index (κ3) is 2.09. The molecule has 0 saturated heterocycles. The molecule has 0 bridgehead atoms. The van der Waals surface area contributed by atoms with E-state index in [-0.39, 0.29) is 11.2 Å². The molecule has 1 aromatic carbocycles. The lowest BCUT2D eigenvalue weighted by atomic mass is 10.1. The molecular formula is C14H16N2O2. The largest absolute Gasteiger partial charge is 0.497 e. The maximum absolute atomic E-state index is 11.9. The van der Waals surface area contributed by atoms with E-state index in [0.717, 1.165) is 16.9 Å². The van der Waals surface area contributed by atoms with Crippen molar-refractivity contribution in [1.82, 2.24) is 4.57 Å². The molecule has 2 N–H and O–H groups in total. The average molecular weight is 244 g/mol. The highest BCUT2D eigenvalue weighted by atomic mass is 16.5. The Morgan fingerprint density at radius 1 is 1.22 bits per heavy atom. The van der Waals surface area contributed by atoms with Gasteiger partial charge in [-0.1, -0.05) is 12.1 Å². The molecule has 1 aromatic heterocycles. The molecule has 0 amide bonds. The molecule has 0 aliphatic carbocycles.